The lowest BCUT2D eigenvalue weighted by Crippen LogP contribution is -2.26. The van der Waals surface area contributed by atoms with Gasteiger partial charge >= 0.3 is 0 Å². The van der Waals surface area contributed by atoms with E-state index < -0.39 is 5.79 Å². The van der Waals surface area contributed by atoms with Crippen molar-refractivity contribution in [2.24, 2.45) is 5.92 Å². The van der Waals surface area contributed by atoms with Crippen LogP contribution in [0.4, 0.5) is 0 Å². The Labute approximate surface area is 116 Å². The summed E-state index contributed by atoms with van der Waals surface area (Å²) < 4.78 is 11.7. The van der Waals surface area contributed by atoms with Crippen molar-refractivity contribution < 1.29 is 9.47 Å². The first-order valence-electron chi connectivity index (χ1n) is 7.51. The van der Waals surface area contributed by atoms with Crippen molar-refractivity contribution in [1.29, 1.82) is 0 Å². The second-order valence-electron chi connectivity index (χ2n) is 6.15. The van der Waals surface area contributed by atoms with Crippen molar-refractivity contribution >= 4 is 0 Å². The first kappa shape index (κ1) is 13.1. The highest BCUT2D eigenvalue weighted by atomic mass is 16.8. The zero-order valence-corrected chi connectivity index (χ0v) is 12.0. The minimum absolute atomic E-state index is 0.217. The Bertz CT molecular complexity index is 424. The molecule has 1 saturated carbocycles. The van der Waals surface area contributed by atoms with Crippen LogP contribution in [0.25, 0.3) is 0 Å². The molecule has 2 aliphatic rings. The second-order valence-corrected chi connectivity index (χ2v) is 6.15. The summed E-state index contributed by atoms with van der Waals surface area (Å²) in [5.41, 5.74) is 1.05. The van der Waals surface area contributed by atoms with Gasteiger partial charge in [0.2, 0.25) is 0 Å². The van der Waals surface area contributed by atoms with Gasteiger partial charge in [0.1, 0.15) is 0 Å². The summed E-state index contributed by atoms with van der Waals surface area (Å²) in [5, 5.41) is 0. The van der Waals surface area contributed by atoms with Crippen LogP contribution in [0.1, 0.15) is 51.0 Å². The van der Waals surface area contributed by atoms with Crippen LogP contribution in [-0.4, -0.2) is 12.9 Å². The van der Waals surface area contributed by atoms with E-state index in [1.165, 1.54) is 37.7 Å². The third kappa shape index (κ3) is 2.21. The van der Waals surface area contributed by atoms with Gasteiger partial charge in [-0.1, -0.05) is 62.4 Å². The lowest BCUT2D eigenvalue weighted by Gasteiger charge is -2.26. The van der Waals surface area contributed by atoms with Crippen molar-refractivity contribution in [3.8, 4) is 0 Å². The third-order valence-corrected chi connectivity index (χ3v) is 4.99. The SMILES string of the molecule is COC1(C)OC1(CC1CCCCC1)c1ccccc1. The molecular weight excluding hydrogens is 236 g/mol. The largest absolute Gasteiger partial charge is 0.351 e. The zero-order valence-electron chi connectivity index (χ0n) is 12.0. The highest BCUT2D eigenvalue weighted by molar-refractivity contribution is 5.31. The average Bonchev–Trinajstić information content (AvgIpc) is 3.08. The van der Waals surface area contributed by atoms with Crippen molar-refractivity contribution in [1.82, 2.24) is 0 Å². The number of ether oxygens (including phenoxy) is 2. The van der Waals surface area contributed by atoms with Gasteiger partial charge in [0.05, 0.1) is 0 Å². The minimum atomic E-state index is -0.439. The molecule has 0 amide bonds. The Morgan fingerprint density at radius 1 is 1.16 bits per heavy atom. The normalized spacial score (nSPS) is 35.3. The summed E-state index contributed by atoms with van der Waals surface area (Å²) in [7, 11) is 1.76. The van der Waals surface area contributed by atoms with Gasteiger partial charge in [-0.05, 0) is 24.8 Å². The summed E-state index contributed by atoms with van der Waals surface area (Å²) in [6.07, 6.45) is 7.94. The molecule has 2 fully saturated rings. The molecule has 2 nitrogen and oxygen atoms in total. The quantitative estimate of drug-likeness (QED) is 0.755. The fourth-order valence-corrected chi connectivity index (χ4v) is 3.68. The van der Waals surface area contributed by atoms with E-state index in [1.54, 1.807) is 7.11 Å². The first-order valence-corrected chi connectivity index (χ1v) is 7.51. The van der Waals surface area contributed by atoms with Crippen LogP contribution >= 0.6 is 0 Å². The molecule has 1 aliphatic heterocycles. The highest BCUT2D eigenvalue weighted by Crippen LogP contribution is 2.60. The van der Waals surface area contributed by atoms with E-state index in [2.05, 4.69) is 37.3 Å². The highest BCUT2D eigenvalue weighted by Gasteiger charge is 2.69. The van der Waals surface area contributed by atoms with E-state index >= 15 is 0 Å². The van der Waals surface area contributed by atoms with Gasteiger partial charge < -0.3 is 9.47 Å². The predicted octanol–water partition coefficient (Wildman–Crippen LogP) is 4.25. The van der Waals surface area contributed by atoms with Gasteiger partial charge in [0, 0.05) is 7.11 Å². The van der Waals surface area contributed by atoms with Crippen LogP contribution in [0, 0.1) is 5.92 Å². The molecule has 0 spiro atoms. The molecule has 1 heterocycles. The average molecular weight is 260 g/mol. The van der Waals surface area contributed by atoms with E-state index in [4.69, 9.17) is 9.47 Å². The summed E-state index contributed by atoms with van der Waals surface area (Å²) in [5.74, 6) is 0.345. The molecule has 2 unspecified atom stereocenters. The molecule has 19 heavy (non-hydrogen) atoms. The Morgan fingerprint density at radius 3 is 2.42 bits per heavy atom. The smallest absolute Gasteiger partial charge is 0.200 e. The lowest BCUT2D eigenvalue weighted by atomic mass is 9.78. The molecule has 1 aliphatic carbocycles. The van der Waals surface area contributed by atoms with Crippen molar-refractivity contribution in [2.75, 3.05) is 7.11 Å². The molecule has 2 heteroatoms. The molecule has 0 N–H and O–H groups in total. The molecule has 2 atom stereocenters. The van der Waals surface area contributed by atoms with E-state index in [0.717, 1.165) is 12.3 Å². The topological polar surface area (TPSA) is 21.8 Å². The fraction of sp³-hybridized carbons (Fsp3) is 0.647. The monoisotopic (exact) mass is 260 g/mol. The molecule has 3 rings (SSSR count). The van der Waals surface area contributed by atoms with E-state index in [-0.39, 0.29) is 5.60 Å². The molecule has 0 bridgehead atoms. The molecule has 1 saturated heterocycles. The standard InChI is InChI=1S/C17H24O2/c1-16(18-2)17(19-16,15-11-7-4-8-12-15)13-14-9-5-3-6-10-14/h4,7-8,11-12,14H,3,5-6,9-10,13H2,1-2H3. The number of hydrogen-bond acceptors (Lipinski definition) is 2. The van der Waals surface area contributed by atoms with Gasteiger partial charge in [-0.25, -0.2) is 0 Å². The molecule has 1 aromatic carbocycles. The van der Waals surface area contributed by atoms with Gasteiger partial charge in [0.15, 0.2) is 11.4 Å². The van der Waals surface area contributed by atoms with Gasteiger partial charge in [-0.15, -0.1) is 0 Å². The summed E-state index contributed by atoms with van der Waals surface area (Å²) >= 11 is 0. The number of methoxy groups -OCH3 is 1. The van der Waals surface area contributed by atoms with Crippen molar-refractivity contribution in [2.45, 2.75) is 56.8 Å². The number of benzene rings is 1. The molecular formula is C17H24O2. The van der Waals surface area contributed by atoms with Crippen LogP contribution in [0.2, 0.25) is 0 Å². The Balaban J connectivity index is 1.83. The summed E-state index contributed by atoms with van der Waals surface area (Å²) in [6.45, 7) is 2.07. The Kier molecular flexibility index (Phi) is 3.40. The van der Waals surface area contributed by atoms with Gasteiger partial charge in [-0.3, -0.25) is 0 Å². The maximum absolute atomic E-state index is 6.11. The Hall–Kier alpha value is -0.860. The summed E-state index contributed by atoms with van der Waals surface area (Å²) in [4.78, 5) is 0. The number of hydrogen-bond donors (Lipinski definition) is 0. The van der Waals surface area contributed by atoms with Crippen LogP contribution < -0.4 is 0 Å². The number of rotatable bonds is 4. The van der Waals surface area contributed by atoms with Crippen molar-refractivity contribution in [3.05, 3.63) is 35.9 Å². The first-order chi connectivity index (χ1) is 9.20. The van der Waals surface area contributed by atoms with Crippen LogP contribution in [0.5, 0.6) is 0 Å². The van der Waals surface area contributed by atoms with Crippen LogP contribution in [0.3, 0.4) is 0 Å². The lowest BCUT2D eigenvalue weighted by molar-refractivity contribution is 0.00501. The zero-order chi connectivity index (χ0) is 13.3. The molecule has 1 aromatic rings. The molecule has 0 radical (unpaired) electrons. The minimum Gasteiger partial charge on any atom is -0.351 e. The second kappa shape index (κ2) is 4.92. The van der Waals surface area contributed by atoms with Crippen LogP contribution in [-0.2, 0) is 15.1 Å². The van der Waals surface area contributed by atoms with E-state index in [0.29, 0.717) is 0 Å². The fourth-order valence-electron chi connectivity index (χ4n) is 3.68. The van der Waals surface area contributed by atoms with E-state index in [9.17, 15) is 0 Å². The Morgan fingerprint density at radius 2 is 1.84 bits per heavy atom. The molecule has 0 aromatic heterocycles. The predicted molar refractivity (Wildman–Crippen MR) is 75.8 cm³/mol. The van der Waals surface area contributed by atoms with E-state index in [1.807, 2.05) is 0 Å². The maximum Gasteiger partial charge on any atom is 0.200 e. The number of epoxide rings is 1. The third-order valence-electron chi connectivity index (χ3n) is 4.99. The van der Waals surface area contributed by atoms with Gasteiger partial charge in [0.25, 0.3) is 0 Å². The van der Waals surface area contributed by atoms with Crippen molar-refractivity contribution in [3.63, 3.8) is 0 Å². The maximum atomic E-state index is 6.11. The molecule has 104 valence electrons. The summed E-state index contributed by atoms with van der Waals surface area (Å²) in [6, 6.07) is 10.6. The van der Waals surface area contributed by atoms with Crippen LogP contribution in [0.15, 0.2) is 30.3 Å². The van der Waals surface area contributed by atoms with Gasteiger partial charge in [-0.2, -0.15) is 0 Å².